The van der Waals surface area contributed by atoms with E-state index in [0.29, 0.717) is 6.85 Å². The van der Waals surface area contributed by atoms with Crippen molar-refractivity contribution >= 4 is 6.85 Å². The molecule has 0 spiro atoms. The summed E-state index contributed by atoms with van der Waals surface area (Å²) < 4.78 is 0. The first-order valence-electron chi connectivity index (χ1n) is 5.02. The van der Waals surface area contributed by atoms with E-state index in [1.54, 1.807) is 0 Å². The minimum atomic E-state index is 0. The van der Waals surface area contributed by atoms with E-state index in [2.05, 4.69) is 55.3 Å². The molecule has 1 heterocycles. The molecule has 0 aromatic heterocycles. The minimum absolute atomic E-state index is 0. The van der Waals surface area contributed by atoms with Crippen LogP contribution in [0.25, 0.3) is 0 Å². The maximum Gasteiger partial charge on any atom is 3.00 e. The Bertz CT molecular complexity index is 266. The van der Waals surface area contributed by atoms with Crippen LogP contribution in [0.2, 0.25) is 6.32 Å². The third kappa shape index (κ3) is 11.3. The Balaban J connectivity index is -0.000000216. The van der Waals surface area contributed by atoms with Gasteiger partial charge in [0.25, 0.3) is 6.85 Å². The second-order valence-electron chi connectivity index (χ2n) is 3.58. The van der Waals surface area contributed by atoms with Gasteiger partial charge in [0.15, 0.2) is 0 Å². The van der Waals surface area contributed by atoms with Gasteiger partial charge >= 0.3 is 26.2 Å². The molecule has 1 radical (unpaired) electrons. The van der Waals surface area contributed by atoms with Crippen molar-refractivity contribution in [2.45, 2.75) is 12.7 Å². The predicted octanol–water partition coefficient (Wildman–Crippen LogP) is -3.48. The summed E-state index contributed by atoms with van der Waals surface area (Å²) in [5.74, 6) is 2.22. The predicted molar refractivity (Wildman–Crippen MR) is 64.1 cm³/mol. The fourth-order valence-electron chi connectivity index (χ4n) is 1.29. The standard InChI is InChI=1S/C7H12BN.C5H5.2ClH.Zr/c1-9(2)8-6-4-3-5-7-8;1-2-4-5-3-1;;;/h3-6H,7H2,1-2H3;1-3H,4H2;2*1H;/q;-1;;;+3/p-2. The molecule has 5 heteroatoms. The van der Waals surface area contributed by atoms with E-state index in [1.807, 2.05) is 12.2 Å². The van der Waals surface area contributed by atoms with Crippen molar-refractivity contribution in [2.24, 2.45) is 0 Å². The summed E-state index contributed by atoms with van der Waals surface area (Å²) in [6.45, 7) is 0.620. The van der Waals surface area contributed by atoms with Gasteiger partial charge in [-0.15, -0.1) is 6.42 Å². The van der Waals surface area contributed by atoms with E-state index in [4.69, 9.17) is 0 Å². The van der Waals surface area contributed by atoms with Crippen LogP contribution in [0, 0.1) is 6.08 Å². The molecular formula is C12H17BCl2NZr. The average Bonchev–Trinajstić information content (AvgIpc) is 2.77. The summed E-state index contributed by atoms with van der Waals surface area (Å²) in [6, 6.07) is 0. The van der Waals surface area contributed by atoms with Crippen molar-refractivity contribution in [3.63, 3.8) is 0 Å². The molecule has 2 rings (SSSR count). The van der Waals surface area contributed by atoms with Crippen LogP contribution < -0.4 is 24.8 Å². The molecule has 0 amide bonds. The van der Waals surface area contributed by atoms with Gasteiger partial charge in [-0.1, -0.05) is 24.2 Å². The van der Waals surface area contributed by atoms with E-state index >= 15 is 0 Å². The molecule has 0 saturated heterocycles. The zero-order chi connectivity index (χ0) is 10.2. The van der Waals surface area contributed by atoms with Gasteiger partial charge in [0.1, 0.15) is 0 Å². The van der Waals surface area contributed by atoms with Crippen LogP contribution in [0.3, 0.4) is 0 Å². The van der Waals surface area contributed by atoms with E-state index in [-0.39, 0.29) is 51.0 Å². The van der Waals surface area contributed by atoms with Crippen LogP contribution in [0.4, 0.5) is 0 Å². The summed E-state index contributed by atoms with van der Waals surface area (Å²) in [7, 11) is 4.21. The van der Waals surface area contributed by atoms with Gasteiger partial charge in [-0.05, 0) is 20.4 Å². The molecule has 0 N–H and O–H groups in total. The molecule has 0 aromatic carbocycles. The van der Waals surface area contributed by atoms with Crippen molar-refractivity contribution in [2.75, 3.05) is 14.1 Å². The molecule has 0 aromatic rings. The van der Waals surface area contributed by atoms with Gasteiger partial charge in [0.2, 0.25) is 0 Å². The summed E-state index contributed by atoms with van der Waals surface area (Å²) in [5.41, 5.74) is 0. The second-order valence-corrected chi connectivity index (χ2v) is 3.58. The minimum Gasteiger partial charge on any atom is -1.00 e. The van der Waals surface area contributed by atoms with Crippen molar-refractivity contribution in [3.8, 4) is 0 Å². The first-order valence-corrected chi connectivity index (χ1v) is 5.02. The smallest absolute Gasteiger partial charge is 1.00 e. The quantitative estimate of drug-likeness (QED) is 0.352. The monoisotopic (exact) mass is 346 g/mol. The number of hydrogen-bond donors (Lipinski definition) is 0. The van der Waals surface area contributed by atoms with Gasteiger partial charge in [0, 0.05) is 0 Å². The average molecular weight is 348 g/mol. The van der Waals surface area contributed by atoms with Crippen molar-refractivity contribution in [1.82, 2.24) is 4.81 Å². The van der Waals surface area contributed by atoms with Crippen LogP contribution in [0.1, 0.15) is 6.42 Å². The zero-order valence-corrected chi connectivity index (χ0v) is 14.2. The molecule has 0 saturated carbocycles. The first kappa shape index (κ1) is 22.6. The van der Waals surface area contributed by atoms with Gasteiger partial charge in [-0.2, -0.15) is 6.08 Å². The normalized spacial score (nSPS) is 14.4. The fraction of sp³-hybridized carbons (Fsp3) is 0.333. The molecule has 91 valence electrons. The number of rotatable bonds is 1. The van der Waals surface area contributed by atoms with Crippen molar-refractivity contribution in [1.29, 1.82) is 0 Å². The maximum atomic E-state index is 2.99. The number of nitrogens with zero attached hydrogens (tertiary/aromatic N) is 1. The zero-order valence-electron chi connectivity index (χ0n) is 10.2. The van der Waals surface area contributed by atoms with Gasteiger partial charge < -0.3 is 29.6 Å². The number of allylic oxidation sites excluding steroid dienone is 7. The molecule has 0 unspecified atom stereocenters. The largest absolute Gasteiger partial charge is 3.00 e. The Morgan fingerprint density at radius 2 is 1.76 bits per heavy atom. The van der Waals surface area contributed by atoms with Gasteiger partial charge in [-0.25, -0.2) is 12.2 Å². The number of halogens is 2. The molecule has 0 atom stereocenters. The van der Waals surface area contributed by atoms with E-state index in [0.717, 1.165) is 12.7 Å². The molecule has 0 fully saturated rings. The third-order valence-electron chi connectivity index (χ3n) is 2.21. The Labute approximate surface area is 137 Å². The summed E-state index contributed by atoms with van der Waals surface area (Å²) in [4.78, 5) is 2.22. The molecule has 1 aliphatic heterocycles. The molecule has 1 nitrogen and oxygen atoms in total. The van der Waals surface area contributed by atoms with Crippen molar-refractivity contribution < 1.29 is 51.0 Å². The Morgan fingerprint density at radius 3 is 2.00 bits per heavy atom. The Kier molecular flexibility index (Phi) is 19.3. The van der Waals surface area contributed by atoms with Crippen LogP contribution in [-0.2, 0) is 26.2 Å². The first-order chi connectivity index (χ1) is 6.80. The molecule has 2 aliphatic rings. The van der Waals surface area contributed by atoms with Crippen LogP contribution >= 0.6 is 0 Å². The van der Waals surface area contributed by atoms with Crippen LogP contribution in [0.5, 0.6) is 0 Å². The van der Waals surface area contributed by atoms with Crippen LogP contribution in [0.15, 0.2) is 42.4 Å². The summed E-state index contributed by atoms with van der Waals surface area (Å²) >= 11 is 0. The number of hydrogen-bond acceptors (Lipinski definition) is 1. The maximum absolute atomic E-state index is 2.99. The van der Waals surface area contributed by atoms with Crippen LogP contribution in [-0.4, -0.2) is 25.8 Å². The molecule has 1 aliphatic carbocycles. The Morgan fingerprint density at radius 1 is 1.06 bits per heavy atom. The summed E-state index contributed by atoms with van der Waals surface area (Å²) in [6.07, 6.45) is 17.6. The molecule has 0 bridgehead atoms. The van der Waals surface area contributed by atoms with Crippen molar-refractivity contribution in [3.05, 3.63) is 48.5 Å². The molecule has 17 heavy (non-hydrogen) atoms. The second kappa shape index (κ2) is 14.5. The van der Waals surface area contributed by atoms with Gasteiger partial charge in [-0.3, -0.25) is 6.08 Å². The topological polar surface area (TPSA) is 3.24 Å². The fourth-order valence-corrected chi connectivity index (χ4v) is 1.29. The van der Waals surface area contributed by atoms with E-state index in [1.165, 1.54) is 0 Å². The van der Waals surface area contributed by atoms with Gasteiger partial charge in [0.05, 0.1) is 0 Å². The SMILES string of the molecule is CN(C)B1C=CC=CC1.[C-]1=CC=CC1.[Cl-].[Cl-].[Zr+3]. The van der Waals surface area contributed by atoms with E-state index < -0.39 is 0 Å². The Hall–Kier alpha value is 0.448. The van der Waals surface area contributed by atoms with E-state index in [9.17, 15) is 0 Å². The third-order valence-corrected chi connectivity index (χ3v) is 2.21. The summed E-state index contributed by atoms with van der Waals surface area (Å²) in [5, 5.41) is 0. The molecular weight excluding hydrogens is 331 g/mol.